The Hall–Kier alpha value is -1.06. The van der Waals surface area contributed by atoms with Gasteiger partial charge in [0.15, 0.2) is 0 Å². The van der Waals surface area contributed by atoms with Crippen molar-refractivity contribution >= 4 is 18.3 Å². The first kappa shape index (κ1) is 18.7. The summed E-state index contributed by atoms with van der Waals surface area (Å²) in [5.74, 6) is 1.69. The van der Waals surface area contributed by atoms with Gasteiger partial charge in [0.25, 0.3) is 0 Å². The van der Waals surface area contributed by atoms with Crippen molar-refractivity contribution in [2.45, 2.75) is 76.5 Å². The predicted molar refractivity (Wildman–Crippen MR) is 104 cm³/mol. The molecule has 0 spiro atoms. The highest BCUT2D eigenvalue weighted by Crippen LogP contribution is 2.37. The Morgan fingerprint density at radius 2 is 1.76 bits per heavy atom. The van der Waals surface area contributed by atoms with E-state index in [1.165, 1.54) is 44.1 Å². The number of carbonyl (C=O) groups is 1. The minimum Gasteiger partial charge on any atom is -0.335 e. The van der Waals surface area contributed by atoms with Crippen LogP contribution in [0.1, 0.15) is 57.4 Å². The summed E-state index contributed by atoms with van der Waals surface area (Å²) in [6.45, 7) is 3.03. The summed E-state index contributed by atoms with van der Waals surface area (Å²) >= 11 is 0. The number of benzene rings is 1. The molecule has 2 aliphatic heterocycles. The maximum Gasteiger partial charge on any atom is 0.223 e. The van der Waals surface area contributed by atoms with E-state index in [0.29, 0.717) is 30.0 Å². The molecule has 0 radical (unpaired) electrons. The van der Waals surface area contributed by atoms with Crippen LogP contribution in [0, 0.1) is 11.8 Å². The van der Waals surface area contributed by atoms with Crippen LogP contribution >= 0.6 is 12.4 Å². The molecule has 1 N–H and O–H groups in total. The summed E-state index contributed by atoms with van der Waals surface area (Å²) in [5, 5.41) is 3.69. The lowest BCUT2D eigenvalue weighted by atomic mass is 9.89. The van der Waals surface area contributed by atoms with E-state index >= 15 is 0 Å². The first-order valence-corrected chi connectivity index (χ1v) is 9.78. The molecule has 3 unspecified atom stereocenters. The Kier molecular flexibility index (Phi) is 6.06. The summed E-state index contributed by atoms with van der Waals surface area (Å²) in [5.41, 5.74) is 1.25. The van der Waals surface area contributed by atoms with Crippen LogP contribution in [-0.4, -0.2) is 28.9 Å². The van der Waals surface area contributed by atoms with E-state index in [9.17, 15) is 4.79 Å². The second-order valence-electron chi connectivity index (χ2n) is 8.26. The maximum atomic E-state index is 13.1. The fraction of sp³-hybridized carbons (Fsp3) is 0.667. The number of fused-ring (bicyclic) bond motifs is 2. The van der Waals surface area contributed by atoms with Crippen molar-refractivity contribution in [3.8, 4) is 0 Å². The minimum atomic E-state index is 0. The van der Waals surface area contributed by atoms with Gasteiger partial charge in [-0.25, -0.2) is 0 Å². The van der Waals surface area contributed by atoms with E-state index in [2.05, 4.69) is 41.4 Å². The van der Waals surface area contributed by atoms with Crippen molar-refractivity contribution in [2.24, 2.45) is 11.8 Å². The molecule has 138 valence electrons. The molecule has 2 bridgehead atoms. The van der Waals surface area contributed by atoms with Gasteiger partial charge in [-0.3, -0.25) is 4.79 Å². The number of hydrogen-bond acceptors (Lipinski definition) is 2. The van der Waals surface area contributed by atoms with Gasteiger partial charge in [-0.05, 0) is 62.8 Å². The standard InChI is InChI=1S/C21H30N2O.ClH/c1-15(18-7-8-18)23(14-16-5-3-2-4-6-16)21(24)13-17-11-19-9-10-20(12-17)22-19;/h2-6,15,17-20,22H,7-14H2,1H3;1H. The number of halogens is 1. The van der Waals surface area contributed by atoms with Gasteiger partial charge in [0.2, 0.25) is 5.91 Å². The third-order valence-corrected chi connectivity index (χ3v) is 6.35. The van der Waals surface area contributed by atoms with Crippen molar-refractivity contribution in [1.82, 2.24) is 10.2 Å². The van der Waals surface area contributed by atoms with Crippen molar-refractivity contribution < 1.29 is 4.79 Å². The van der Waals surface area contributed by atoms with Crippen LogP contribution in [0.5, 0.6) is 0 Å². The summed E-state index contributed by atoms with van der Waals surface area (Å²) in [7, 11) is 0. The van der Waals surface area contributed by atoms with Gasteiger partial charge in [-0.1, -0.05) is 30.3 Å². The van der Waals surface area contributed by atoms with Crippen LogP contribution in [0.3, 0.4) is 0 Å². The lowest BCUT2D eigenvalue weighted by molar-refractivity contribution is -0.135. The number of rotatable bonds is 6. The highest BCUT2D eigenvalue weighted by atomic mass is 35.5. The van der Waals surface area contributed by atoms with Crippen molar-refractivity contribution in [2.75, 3.05) is 0 Å². The smallest absolute Gasteiger partial charge is 0.223 e. The fourth-order valence-electron chi connectivity index (χ4n) is 4.78. The van der Waals surface area contributed by atoms with Crippen molar-refractivity contribution in [1.29, 1.82) is 0 Å². The van der Waals surface area contributed by atoms with E-state index < -0.39 is 0 Å². The Labute approximate surface area is 158 Å². The lowest BCUT2D eigenvalue weighted by Crippen LogP contribution is -2.43. The van der Waals surface area contributed by atoms with Gasteiger partial charge in [0, 0.05) is 31.1 Å². The molecule has 0 aromatic heterocycles. The van der Waals surface area contributed by atoms with Gasteiger partial charge >= 0.3 is 0 Å². The number of hydrogen-bond donors (Lipinski definition) is 1. The number of carbonyl (C=O) groups excluding carboxylic acids is 1. The molecule has 1 amide bonds. The van der Waals surface area contributed by atoms with Gasteiger partial charge in [-0.2, -0.15) is 0 Å². The molecule has 1 aliphatic carbocycles. The summed E-state index contributed by atoms with van der Waals surface area (Å²) in [6.07, 6.45) is 8.33. The van der Waals surface area contributed by atoms with Gasteiger partial charge in [-0.15, -0.1) is 12.4 Å². The van der Waals surface area contributed by atoms with E-state index in [1.807, 2.05) is 6.07 Å². The average molecular weight is 363 g/mol. The molecule has 2 heterocycles. The van der Waals surface area contributed by atoms with Gasteiger partial charge in [0.1, 0.15) is 0 Å². The lowest BCUT2D eigenvalue weighted by Gasteiger charge is -2.33. The Balaban J connectivity index is 0.00000182. The zero-order chi connectivity index (χ0) is 16.5. The van der Waals surface area contributed by atoms with Crippen LogP contribution in [0.15, 0.2) is 30.3 Å². The van der Waals surface area contributed by atoms with Crippen LogP contribution in [0.4, 0.5) is 0 Å². The average Bonchev–Trinajstić information content (AvgIpc) is 3.38. The predicted octanol–water partition coefficient (Wildman–Crippen LogP) is 4.16. The largest absolute Gasteiger partial charge is 0.335 e. The molecule has 2 saturated heterocycles. The van der Waals surface area contributed by atoms with E-state index in [-0.39, 0.29) is 12.4 Å². The van der Waals surface area contributed by atoms with E-state index in [0.717, 1.165) is 18.9 Å². The topological polar surface area (TPSA) is 32.3 Å². The monoisotopic (exact) mass is 362 g/mol. The Bertz CT molecular complexity index is 563. The number of piperidine rings is 1. The van der Waals surface area contributed by atoms with Gasteiger partial charge in [0.05, 0.1) is 0 Å². The molecule has 3 atom stereocenters. The van der Waals surface area contributed by atoms with Crippen LogP contribution < -0.4 is 5.32 Å². The first-order valence-electron chi connectivity index (χ1n) is 9.78. The molecule has 4 rings (SSSR count). The summed E-state index contributed by atoms with van der Waals surface area (Å²) < 4.78 is 0. The highest BCUT2D eigenvalue weighted by molar-refractivity contribution is 5.85. The second kappa shape index (κ2) is 8.09. The molecular formula is C21H31ClN2O. The Morgan fingerprint density at radius 1 is 1.12 bits per heavy atom. The van der Waals surface area contributed by atoms with E-state index in [4.69, 9.17) is 0 Å². The van der Waals surface area contributed by atoms with E-state index in [1.54, 1.807) is 0 Å². The molecule has 3 nitrogen and oxygen atoms in total. The maximum absolute atomic E-state index is 13.1. The van der Waals surface area contributed by atoms with Crippen molar-refractivity contribution in [3.63, 3.8) is 0 Å². The normalized spacial score (nSPS) is 28.9. The zero-order valence-electron chi connectivity index (χ0n) is 15.2. The van der Waals surface area contributed by atoms with Crippen LogP contribution in [-0.2, 0) is 11.3 Å². The highest BCUT2D eigenvalue weighted by Gasteiger charge is 2.37. The molecule has 25 heavy (non-hydrogen) atoms. The summed E-state index contributed by atoms with van der Waals surface area (Å²) in [6, 6.07) is 12.2. The third kappa shape index (κ3) is 4.57. The minimum absolute atomic E-state index is 0. The Morgan fingerprint density at radius 3 is 2.36 bits per heavy atom. The molecular weight excluding hydrogens is 332 g/mol. The third-order valence-electron chi connectivity index (χ3n) is 6.35. The quantitative estimate of drug-likeness (QED) is 0.824. The first-order chi connectivity index (χ1) is 11.7. The number of nitrogens with zero attached hydrogens (tertiary/aromatic N) is 1. The van der Waals surface area contributed by atoms with Crippen LogP contribution in [0.2, 0.25) is 0 Å². The molecule has 1 aromatic carbocycles. The molecule has 3 aliphatic rings. The fourth-order valence-corrected chi connectivity index (χ4v) is 4.78. The molecule has 1 saturated carbocycles. The zero-order valence-corrected chi connectivity index (χ0v) is 16.0. The number of nitrogens with one attached hydrogen (secondary N) is 1. The SMILES string of the molecule is CC(C1CC1)N(Cc1ccccc1)C(=O)CC1CC2CCC(C1)N2.Cl. The summed E-state index contributed by atoms with van der Waals surface area (Å²) in [4.78, 5) is 15.3. The molecule has 1 aromatic rings. The van der Waals surface area contributed by atoms with Crippen LogP contribution in [0.25, 0.3) is 0 Å². The number of amides is 1. The molecule has 4 heteroatoms. The second-order valence-corrected chi connectivity index (χ2v) is 8.26. The molecule has 3 fully saturated rings. The van der Waals surface area contributed by atoms with Crippen molar-refractivity contribution in [3.05, 3.63) is 35.9 Å². The van der Waals surface area contributed by atoms with Gasteiger partial charge < -0.3 is 10.2 Å².